The molecule has 5 heteroatoms. The van der Waals surface area contributed by atoms with Gasteiger partial charge < -0.3 is 14.2 Å². The molecule has 0 aliphatic rings. The lowest BCUT2D eigenvalue weighted by molar-refractivity contribution is 0.118. The van der Waals surface area contributed by atoms with Crippen LogP contribution in [0, 0.1) is 0 Å². The van der Waals surface area contributed by atoms with E-state index in [1.54, 1.807) is 30.3 Å². The Kier molecular flexibility index (Phi) is 5.33. The van der Waals surface area contributed by atoms with Crippen LogP contribution in [0.2, 0.25) is 0 Å². The summed E-state index contributed by atoms with van der Waals surface area (Å²) in [4.78, 5) is 0. The highest BCUT2D eigenvalue weighted by Gasteiger charge is 2.48. The molecule has 2 aromatic rings. The lowest BCUT2D eigenvalue weighted by Gasteiger charge is -2.31. The predicted molar refractivity (Wildman–Crippen MR) is 87.4 cm³/mol. The molecule has 1 atom stereocenters. The first-order valence-corrected chi connectivity index (χ1v) is 8.34. The third-order valence-electron chi connectivity index (χ3n) is 3.40. The van der Waals surface area contributed by atoms with Crippen molar-refractivity contribution in [1.82, 2.24) is 0 Å². The molecular formula is C17H19O4P. The van der Waals surface area contributed by atoms with Gasteiger partial charge in [-0.25, -0.2) is 0 Å². The van der Waals surface area contributed by atoms with Crippen LogP contribution >= 0.6 is 7.60 Å². The van der Waals surface area contributed by atoms with E-state index in [-0.39, 0.29) is 0 Å². The van der Waals surface area contributed by atoms with Crippen LogP contribution in [0.15, 0.2) is 66.7 Å². The van der Waals surface area contributed by atoms with Gasteiger partial charge in [0, 0.05) is 14.2 Å². The van der Waals surface area contributed by atoms with Gasteiger partial charge in [0.15, 0.2) is 0 Å². The fraction of sp³-hybridized carbons (Fsp3) is 0.176. The lowest BCUT2D eigenvalue weighted by atomic mass is 10.1. The molecule has 2 aromatic carbocycles. The van der Waals surface area contributed by atoms with E-state index in [0.717, 1.165) is 5.56 Å². The molecule has 1 N–H and O–H groups in total. The summed E-state index contributed by atoms with van der Waals surface area (Å²) in [5, 5.41) is 9.20. The summed E-state index contributed by atoms with van der Waals surface area (Å²) < 4.78 is 22.9. The van der Waals surface area contributed by atoms with E-state index in [4.69, 9.17) is 9.05 Å². The van der Waals surface area contributed by atoms with Crippen LogP contribution in [0.5, 0.6) is 0 Å². The van der Waals surface area contributed by atoms with E-state index in [2.05, 4.69) is 0 Å². The van der Waals surface area contributed by atoms with Crippen molar-refractivity contribution in [2.45, 2.75) is 5.34 Å². The third-order valence-corrected chi connectivity index (χ3v) is 5.61. The highest BCUT2D eigenvalue weighted by molar-refractivity contribution is 7.55. The number of hydrogen-bond donors (Lipinski definition) is 1. The molecule has 2 rings (SSSR count). The quantitative estimate of drug-likeness (QED) is 0.817. The van der Waals surface area contributed by atoms with Crippen LogP contribution < -0.4 is 0 Å². The summed E-state index contributed by atoms with van der Waals surface area (Å²) >= 11 is 0. The second-order valence-corrected chi connectivity index (χ2v) is 7.11. The largest absolute Gasteiger partial charge is 0.370 e. The average Bonchev–Trinajstić information content (AvgIpc) is 2.60. The van der Waals surface area contributed by atoms with Crippen molar-refractivity contribution in [3.63, 3.8) is 0 Å². The molecule has 116 valence electrons. The Hall–Kier alpha value is -1.71. The first-order chi connectivity index (χ1) is 10.6. The van der Waals surface area contributed by atoms with Crippen molar-refractivity contribution >= 4 is 13.7 Å². The molecule has 22 heavy (non-hydrogen) atoms. The summed E-state index contributed by atoms with van der Waals surface area (Å²) in [6.45, 7) is 0. The Morgan fingerprint density at radius 3 is 1.95 bits per heavy atom. The number of hydrogen-bond acceptors (Lipinski definition) is 4. The Labute approximate surface area is 130 Å². The Morgan fingerprint density at radius 1 is 0.955 bits per heavy atom. The SMILES string of the molecule is COP(=O)(OC)C(O)(/C=C/c1ccccc1)c1ccccc1. The minimum Gasteiger partial charge on any atom is -0.370 e. The van der Waals surface area contributed by atoms with E-state index < -0.39 is 12.9 Å². The summed E-state index contributed by atoms with van der Waals surface area (Å²) in [5.74, 6) is 0. The number of rotatable bonds is 6. The van der Waals surface area contributed by atoms with Gasteiger partial charge in [0.2, 0.25) is 5.34 Å². The molecule has 0 saturated heterocycles. The maximum atomic E-state index is 12.8. The fourth-order valence-electron chi connectivity index (χ4n) is 2.16. The van der Waals surface area contributed by atoms with Crippen LogP contribution in [0.4, 0.5) is 0 Å². The molecular weight excluding hydrogens is 299 g/mol. The predicted octanol–water partition coefficient (Wildman–Crippen LogP) is 4.03. The first-order valence-electron chi connectivity index (χ1n) is 6.79. The Bertz CT molecular complexity index is 662. The van der Waals surface area contributed by atoms with E-state index in [9.17, 15) is 9.67 Å². The van der Waals surface area contributed by atoms with E-state index in [1.165, 1.54) is 20.3 Å². The molecule has 0 bridgehead atoms. The van der Waals surface area contributed by atoms with E-state index >= 15 is 0 Å². The topological polar surface area (TPSA) is 55.8 Å². The van der Waals surface area contributed by atoms with Crippen LogP contribution in [-0.4, -0.2) is 19.3 Å². The Balaban J connectivity index is 2.52. The van der Waals surface area contributed by atoms with E-state index in [0.29, 0.717) is 5.56 Å². The molecule has 1 unspecified atom stereocenters. The molecule has 0 aliphatic carbocycles. The summed E-state index contributed by atoms with van der Waals surface area (Å²) in [7, 11) is -1.28. The lowest BCUT2D eigenvalue weighted by Crippen LogP contribution is -2.24. The number of aliphatic hydroxyl groups is 1. The van der Waals surface area contributed by atoms with Crippen molar-refractivity contribution in [1.29, 1.82) is 0 Å². The van der Waals surface area contributed by atoms with Crippen LogP contribution in [0.3, 0.4) is 0 Å². The maximum absolute atomic E-state index is 12.8. The molecule has 4 nitrogen and oxygen atoms in total. The molecule has 0 aromatic heterocycles. The minimum absolute atomic E-state index is 0.439. The van der Waals surface area contributed by atoms with Crippen molar-refractivity contribution < 1.29 is 18.7 Å². The van der Waals surface area contributed by atoms with Gasteiger partial charge in [0.1, 0.15) is 0 Å². The van der Waals surface area contributed by atoms with Gasteiger partial charge >= 0.3 is 7.60 Å². The molecule has 0 aliphatic heterocycles. The van der Waals surface area contributed by atoms with Gasteiger partial charge in [-0.2, -0.15) is 0 Å². The summed E-state index contributed by atoms with van der Waals surface area (Å²) in [5.41, 5.74) is 1.31. The zero-order valence-corrected chi connectivity index (χ0v) is 13.4. The smallest absolute Gasteiger partial charge is 0.370 e. The standard InChI is InChI=1S/C17H19O4P/c1-20-22(19,21-2)17(18,16-11-7-4-8-12-16)14-13-15-9-5-3-6-10-15/h3-14,18H,1-2H3/b14-13+. The molecule has 0 saturated carbocycles. The fourth-order valence-corrected chi connectivity index (χ4v) is 3.59. The van der Waals surface area contributed by atoms with Crippen LogP contribution in [-0.2, 0) is 19.0 Å². The molecule has 0 spiro atoms. The monoisotopic (exact) mass is 318 g/mol. The average molecular weight is 318 g/mol. The third kappa shape index (κ3) is 3.21. The van der Waals surface area contributed by atoms with E-state index in [1.807, 2.05) is 36.4 Å². The van der Waals surface area contributed by atoms with Gasteiger partial charge in [0.25, 0.3) is 0 Å². The highest BCUT2D eigenvalue weighted by atomic mass is 31.2. The van der Waals surface area contributed by atoms with Gasteiger partial charge in [-0.3, -0.25) is 4.57 Å². The Morgan fingerprint density at radius 2 is 1.45 bits per heavy atom. The van der Waals surface area contributed by atoms with Gasteiger partial charge in [-0.05, 0) is 17.2 Å². The zero-order chi connectivity index (χ0) is 16.1. The highest BCUT2D eigenvalue weighted by Crippen LogP contribution is 2.63. The number of benzene rings is 2. The molecule has 0 heterocycles. The van der Waals surface area contributed by atoms with Gasteiger partial charge in [-0.1, -0.05) is 66.7 Å². The van der Waals surface area contributed by atoms with Gasteiger partial charge in [-0.15, -0.1) is 0 Å². The van der Waals surface area contributed by atoms with Crippen LogP contribution in [0.25, 0.3) is 6.08 Å². The van der Waals surface area contributed by atoms with Crippen molar-refractivity contribution in [3.8, 4) is 0 Å². The zero-order valence-electron chi connectivity index (χ0n) is 12.5. The summed E-state index contributed by atoms with van der Waals surface area (Å²) in [6.07, 6.45) is 3.14. The van der Waals surface area contributed by atoms with Crippen molar-refractivity contribution in [2.75, 3.05) is 14.2 Å². The normalized spacial score (nSPS) is 14.9. The van der Waals surface area contributed by atoms with Crippen molar-refractivity contribution in [3.05, 3.63) is 77.9 Å². The molecule has 0 amide bonds. The minimum atomic E-state index is -3.79. The van der Waals surface area contributed by atoms with Gasteiger partial charge in [0.05, 0.1) is 0 Å². The summed E-state index contributed by atoms with van der Waals surface area (Å²) in [6, 6.07) is 18.1. The van der Waals surface area contributed by atoms with Crippen molar-refractivity contribution in [2.24, 2.45) is 0 Å². The molecule has 0 fully saturated rings. The second-order valence-electron chi connectivity index (χ2n) is 4.70. The first kappa shape index (κ1) is 16.7. The van der Waals surface area contributed by atoms with Crippen LogP contribution in [0.1, 0.15) is 11.1 Å². The second kappa shape index (κ2) is 7.03. The maximum Gasteiger partial charge on any atom is 0.370 e. The molecule has 0 radical (unpaired) electrons.